The van der Waals surface area contributed by atoms with Crippen LogP contribution in [0.2, 0.25) is 0 Å². The fourth-order valence-corrected chi connectivity index (χ4v) is 3.08. The van der Waals surface area contributed by atoms with Crippen molar-refractivity contribution >= 4 is 10.8 Å². The molecule has 0 amide bonds. The first kappa shape index (κ1) is 14.4. The van der Waals surface area contributed by atoms with Crippen LogP contribution in [0.1, 0.15) is 24.4 Å². The first-order valence-corrected chi connectivity index (χ1v) is 8.08. The maximum Gasteiger partial charge on any atom is 0.139 e. The van der Waals surface area contributed by atoms with E-state index in [0.29, 0.717) is 18.3 Å². The van der Waals surface area contributed by atoms with E-state index in [4.69, 9.17) is 4.42 Å². The summed E-state index contributed by atoms with van der Waals surface area (Å²) in [5.74, 6) is 0.0210. The molecule has 1 N–H and O–H groups in total. The molecule has 0 spiro atoms. The van der Waals surface area contributed by atoms with Crippen molar-refractivity contribution in [2.24, 2.45) is 0 Å². The highest BCUT2D eigenvalue weighted by atomic mass is 32.2. The summed E-state index contributed by atoms with van der Waals surface area (Å²) in [6.07, 6.45) is 2.38. The first-order chi connectivity index (χ1) is 10.1. The molecule has 1 aromatic heterocycles. The Labute approximate surface area is 123 Å². The van der Waals surface area contributed by atoms with Crippen molar-refractivity contribution in [3.63, 3.8) is 0 Å². The normalized spacial score (nSPS) is 16.1. The largest absolute Gasteiger partial charge is 0.464 e. The lowest BCUT2D eigenvalue weighted by Crippen LogP contribution is -2.14. The average molecular weight is 311 g/mol. The Morgan fingerprint density at radius 2 is 1.95 bits per heavy atom. The van der Waals surface area contributed by atoms with E-state index in [0.717, 1.165) is 24.0 Å². The number of furan rings is 1. The van der Waals surface area contributed by atoms with Crippen molar-refractivity contribution in [2.45, 2.75) is 36.1 Å². The highest BCUT2D eigenvalue weighted by molar-refractivity contribution is 7.84. The van der Waals surface area contributed by atoms with Crippen LogP contribution < -0.4 is 5.32 Å². The number of nitrogens with one attached hydrogen (secondary N) is 1. The van der Waals surface area contributed by atoms with Gasteiger partial charge >= 0.3 is 0 Å². The molecule has 1 aliphatic rings. The molecule has 1 aliphatic carbocycles. The van der Waals surface area contributed by atoms with E-state index in [1.54, 1.807) is 6.07 Å². The molecule has 2 aromatic rings. The van der Waals surface area contributed by atoms with Crippen LogP contribution in [0.5, 0.6) is 0 Å². The zero-order valence-corrected chi connectivity index (χ0v) is 12.1. The van der Waals surface area contributed by atoms with Gasteiger partial charge in [0, 0.05) is 6.04 Å². The second-order valence-electron chi connectivity index (χ2n) is 5.09. The smallest absolute Gasteiger partial charge is 0.139 e. The minimum absolute atomic E-state index is 0.0315. The Bertz CT molecular complexity index is 667. The predicted octanol–water partition coefficient (Wildman–Crippen LogP) is 3.12. The Hall–Kier alpha value is -1.53. The van der Waals surface area contributed by atoms with Gasteiger partial charge in [-0.25, -0.2) is 8.78 Å². The molecule has 0 aliphatic heterocycles. The Morgan fingerprint density at radius 1 is 1.19 bits per heavy atom. The summed E-state index contributed by atoms with van der Waals surface area (Å²) in [4.78, 5) is -0.135. The number of hydrogen-bond acceptors (Lipinski definition) is 3. The second-order valence-corrected chi connectivity index (χ2v) is 6.51. The molecule has 1 atom stereocenters. The van der Waals surface area contributed by atoms with Crippen molar-refractivity contribution in [1.82, 2.24) is 5.32 Å². The highest BCUT2D eigenvalue weighted by Gasteiger charge is 2.20. The number of hydrogen-bond donors (Lipinski definition) is 1. The van der Waals surface area contributed by atoms with Gasteiger partial charge in [-0.15, -0.1) is 0 Å². The summed E-state index contributed by atoms with van der Waals surface area (Å²) in [5.41, 5.74) is 0. The number of rotatable bonds is 6. The Morgan fingerprint density at radius 3 is 2.71 bits per heavy atom. The fraction of sp³-hybridized carbons (Fsp3) is 0.333. The zero-order valence-electron chi connectivity index (χ0n) is 11.3. The maximum absolute atomic E-state index is 13.5. The minimum Gasteiger partial charge on any atom is -0.464 e. The second kappa shape index (κ2) is 6.07. The van der Waals surface area contributed by atoms with E-state index >= 15 is 0 Å². The molecule has 21 heavy (non-hydrogen) atoms. The summed E-state index contributed by atoms with van der Waals surface area (Å²) >= 11 is 0. The summed E-state index contributed by atoms with van der Waals surface area (Å²) in [6, 6.07) is 7.06. The third-order valence-corrected chi connectivity index (χ3v) is 4.62. The van der Waals surface area contributed by atoms with Crippen LogP contribution in [-0.4, -0.2) is 10.3 Å². The molecule has 3 rings (SSSR count). The first-order valence-electron chi connectivity index (χ1n) is 6.76. The van der Waals surface area contributed by atoms with Crippen LogP contribution in [0.25, 0.3) is 0 Å². The summed E-state index contributed by atoms with van der Waals surface area (Å²) in [5, 5.41) is 3.31. The van der Waals surface area contributed by atoms with Gasteiger partial charge in [0.15, 0.2) is 0 Å². The van der Waals surface area contributed by atoms with E-state index in [2.05, 4.69) is 5.32 Å². The molecular weight excluding hydrogens is 296 g/mol. The molecule has 1 fully saturated rings. The van der Waals surface area contributed by atoms with Crippen molar-refractivity contribution in [1.29, 1.82) is 0 Å². The van der Waals surface area contributed by atoms with Crippen LogP contribution in [0.15, 0.2) is 39.6 Å². The topological polar surface area (TPSA) is 42.2 Å². The molecule has 1 saturated carbocycles. The van der Waals surface area contributed by atoms with E-state index in [-0.39, 0.29) is 10.6 Å². The Balaban J connectivity index is 1.65. The third kappa shape index (κ3) is 3.77. The van der Waals surface area contributed by atoms with E-state index in [1.165, 1.54) is 12.8 Å². The van der Waals surface area contributed by atoms with Gasteiger partial charge in [0.2, 0.25) is 0 Å². The van der Waals surface area contributed by atoms with E-state index in [1.807, 2.05) is 6.07 Å². The van der Waals surface area contributed by atoms with Crippen LogP contribution in [-0.2, 0) is 23.1 Å². The fourth-order valence-electron chi connectivity index (χ4n) is 1.99. The van der Waals surface area contributed by atoms with Gasteiger partial charge in [0.25, 0.3) is 0 Å². The van der Waals surface area contributed by atoms with Gasteiger partial charge < -0.3 is 9.73 Å². The monoisotopic (exact) mass is 311 g/mol. The average Bonchev–Trinajstić information content (AvgIpc) is 3.19. The number of benzene rings is 1. The van der Waals surface area contributed by atoms with Crippen LogP contribution in [0, 0.1) is 11.6 Å². The summed E-state index contributed by atoms with van der Waals surface area (Å²) in [6.45, 7) is 0.631. The summed E-state index contributed by atoms with van der Waals surface area (Å²) < 4.78 is 44.3. The predicted molar refractivity (Wildman–Crippen MR) is 75.0 cm³/mol. The van der Waals surface area contributed by atoms with Gasteiger partial charge in [0.1, 0.15) is 23.2 Å². The quantitative estimate of drug-likeness (QED) is 0.891. The molecule has 1 aromatic carbocycles. The van der Waals surface area contributed by atoms with Crippen molar-refractivity contribution in [3.8, 4) is 0 Å². The molecule has 6 heteroatoms. The van der Waals surface area contributed by atoms with E-state index in [9.17, 15) is 13.0 Å². The lowest BCUT2D eigenvalue weighted by Gasteiger charge is -2.03. The van der Waals surface area contributed by atoms with Crippen molar-refractivity contribution < 1.29 is 17.4 Å². The van der Waals surface area contributed by atoms with Crippen LogP contribution >= 0.6 is 0 Å². The third-order valence-electron chi connectivity index (χ3n) is 3.27. The van der Waals surface area contributed by atoms with Gasteiger partial charge in [-0.05, 0) is 43.2 Å². The molecule has 0 saturated heterocycles. The maximum atomic E-state index is 13.5. The van der Waals surface area contributed by atoms with Gasteiger partial charge in [-0.2, -0.15) is 0 Å². The Kier molecular flexibility index (Phi) is 4.17. The van der Waals surface area contributed by atoms with Gasteiger partial charge in [0.05, 0.1) is 28.0 Å². The molecule has 0 bridgehead atoms. The molecule has 1 unspecified atom stereocenters. The lowest BCUT2D eigenvalue weighted by atomic mass is 10.3. The zero-order chi connectivity index (χ0) is 14.8. The molecule has 3 nitrogen and oxygen atoms in total. The SMILES string of the molecule is O=S(Cc1ccc(CNC2CC2)o1)c1cc(F)ccc1F. The lowest BCUT2D eigenvalue weighted by molar-refractivity contribution is 0.457. The molecular formula is C15H15F2NO2S. The minimum atomic E-state index is -1.67. The van der Waals surface area contributed by atoms with Crippen LogP contribution in [0.3, 0.4) is 0 Å². The molecule has 1 heterocycles. The van der Waals surface area contributed by atoms with Crippen molar-refractivity contribution in [3.05, 3.63) is 53.5 Å². The van der Waals surface area contributed by atoms with Crippen molar-refractivity contribution in [2.75, 3.05) is 0 Å². The standard InChI is InChI=1S/C15H15F2NO2S/c16-10-1-6-14(17)15(7-10)21(19)9-13-5-4-12(20-13)8-18-11-2-3-11/h1,4-7,11,18H,2-3,8-9H2. The van der Waals surface area contributed by atoms with E-state index < -0.39 is 22.4 Å². The van der Waals surface area contributed by atoms with Gasteiger partial charge in [-0.3, -0.25) is 4.21 Å². The van der Waals surface area contributed by atoms with Gasteiger partial charge in [-0.1, -0.05) is 0 Å². The highest BCUT2D eigenvalue weighted by Crippen LogP contribution is 2.21. The molecule has 0 radical (unpaired) electrons. The van der Waals surface area contributed by atoms with Crippen LogP contribution in [0.4, 0.5) is 8.78 Å². The number of halogens is 2. The molecule has 112 valence electrons. The summed E-state index contributed by atoms with van der Waals surface area (Å²) in [7, 11) is -1.67.